The molecule has 8 heteroatoms. The topological polar surface area (TPSA) is 68.3 Å². The Kier molecular flexibility index (Phi) is 6.43. The third-order valence-electron chi connectivity index (χ3n) is 5.33. The monoisotopic (exact) mass is 443 g/mol. The van der Waals surface area contributed by atoms with Crippen LogP contribution < -0.4 is 5.56 Å². The van der Waals surface area contributed by atoms with E-state index < -0.39 is 0 Å². The minimum atomic E-state index is -0.0436. The van der Waals surface area contributed by atoms with Gasteiger partial charge in [-0.2, -0.15) is 0 Å². The highest BCUT2D eigenvalue weighted by Gasteiger charge is 2.22. The number of carbonyl (C=O) groups excluding carboxylic acids is 1. The van der Waals surface area contributed by atoms with Gasteiger partial charge in [0.2, 0.25) is 5.91 Å². The Bertz CT molecular complexity index is 1120. The predicted molar refractivity (Wildman–Crippen MR) is 121 cm³/mol. The number of hydrogen-bond donors (Lipinski definition) is 0. The van der Waals surface area contributed by atoms with Crippen LogP contribution in [0, 0.1) is 0 Å². The molecule has 0 spiro atoms. The summed E-state index contributed by atoms with van der Waals surface area (Å²) >= 11 is 2.94. The van der Waals surface area contributed by atoms with Gasteiger partial charge in [0.25, 0.3) is 5.56 Å². The second kappa shape index (κ2) is 9.22. The van der Waals surface area contributed by atoms with Crippen LogP contribution in [-0.4, -0.2) is 33.2 Å². The van der Waals surface area contributed by atoms with Gasteiger partial charge in [0, 0.05) is 18.5 Å². The average Bonchev–Trinajstić information content (AvgIpc) is 3.30. The van der Waals surface area contributed by atoms with Crippen LogP contribution in [0.3, 0.4) is 0 Å². The van der Waals surface area contributed by atoms with Crippen molar-refractivity contribution >= 4 is 39.2 Å². The third kappa shape index (κ3) is 4.25. The van der Waals surface area contributed by atoms with E-state index in [1.807, 2.05) is 6.07 Å². The SMILES string of the molecule is C=CCn1c(SCC(=O)N(C)Cc2ccco2)nc2sc3c(c2c1=O)CCCCC3. The number of aryl methyl sites for hydroxylation is 2. The number of thioether (sulfide) groups is 1. The van der Waals surface area contributed by atoms with Crippen molar-refractivity contribution in [2.75, 3.05) is 12.8 Å². The lowest BCUT2D eigenvalue weighted by atomic mass is 10.1. The molecular weight excluding hydrogens is 418 g/mol. The molecule has 30 heavy (non-hydrogen) atoms. The lowest BCUT2D eigenvalue weighted by Crippen LogP contribution is -2.28. The molecule has 0 radical (unpaired) electrons. The van der Waals surface area contributed by atoms with Gasteiger partial charge in [0.05, 0.1) is 23.9 Å². The molecule has 0 N–H and O–H groups in total. The van der Waals surface area contributed by atoms with E-state index in [9.17, 15) is 9.59 Å². The van der Waals surface area contributed by atoms with Crippen molar-refractivity contribution in [3.05, 3.63) is 57.6 Å². The molecule has 0 aliphatic heterocycles. The Balaban J connectivity index is 1.60. The van der Waals surface area contributed by atoms with Gasteiger partial charge >= 0.3 is 0 Å². The Labute approximate surface area is 183 Å². The van der Waals surface area contributed by atoms with Crippen LogP contribution in [0.4, 0.5) is 0 Å². The quantitative estimate of drug-likeness (QED) is 0.236. The van der Waals surface area contributed by atoms with E-state index in [4.69, 9.17) is 9.40 Å². The van der Waals surface area contributed by atoms with Crippen LogP contribution in [0.5, 0.6) is 0 Å². The van der Waals surface area contributed by atoms with Crippen molar-refractivity contribution in [3.63, 3.8) is 0 Å². The molecule has 6 nitrogen and oxygen atoms in total. The van der Waals surface area contributed by atoms with Gasteiger partial charge in [-0.05, 0) is 43.4 Å². The molecule has 1 amide bonds. The lowest BCUT2D eigenvalue weighted by molar-refractivity contribution is -0.127. The fraction of sp³-hybridized carbons (Fsp3) is 0.409. The maximum atomic E-state index is 13.3. The number of allylic oxidation sites excluding steroid dienone is 1. The zero-order valence-electron chi connectivity index (χ0n) is 17.1. The maximum absolute atomic E-state index is 13.3. The molecule has 0 atom stereocenters. The summed E-state index contributed by atoms with van der Waals surface area (Å²) in [6, 6.07) is 3.65. The van der Waals surface area contributed by atoms with Gasteiger partial charge < -0.3 is 9.32 Å². The molecule has 0 aromatic carbocycles. The van der Waals surface area contributed by atoms with Gasteiger partial charge in [0.15, 0.2) is 5.16 Å². The van der Waals surface area contributed by atoms with Crippen LogP contribution in [-0.2, 0) is 30.7 Å². The molecule has 3 aromatic heterocycles. The summed E-state index contributed by atoms with van der Waals surface area (Å²) in [5.74, 6) is 0.897. The number of carbonyl (C=O) groups is 1. The summed E-state index contributed by atoms with van der Waals surface area (Å²) in [5, 5.41) is 1.34. The van der Waals surface area contributed by atoms with Crippen molar-refractivity contribution in [2.24, 2.45) is 0 Å². The van der Waals surface area contributed by atoms with Crippen molar-refractivity contribution in [3.8, 4) is 0 Å². The standard InChI is InChI=1S/C22H25N3O3S2/c1-3-11-25-21(27)19-16-9-5-4-6-10-17(16)30-20(19)23-22(25)29-14-18(26)24(2)13-15-8-7-12-28-15/h3,7-8,12H,1,4-6,9-11,13-14H2,2H3. The van der Waals surface area contributed by atoms with E-state index >= 15 is 0 Å². The highest BCUT2D eigenvalue weighted by molar-refractivity contribution is 7.99. The van der Waals surface area contributed by atoms with Crippen LogP contribution in [0.25, 0.3) is 10.2 Å². The van der Waals surface area contributed by atoms with Crippen molar-refractivity contribution < 1.29 is 9.21 Å². The van der Waals surface area contributed by atoms with Gasteiger partial charge in [0.1, 0.15) is 10.6 Å². The molecule has 3 aromatic rings. The van der Waals surface area contributed by atoms with Crippen LogP contribution in [0.1, 0.15) is 35.5 Å². The summed E-state index contributed by atoms with van der Waals surface area (Å²) in [4.78, 5) is 34.4. The van der Waals surface area contributed by atoms with Crippen molar-refractivity contribution in [1.29, 1.82) is 0 Å². The van der Waals surface area contributed by atoms with Crippen molar-refractivity contribution in [1.82, 2.24) is 14.5 Å². The second-order valence-electron chi connectivity index (χ2n) is 7.46. The van der Waals surface area contributed by atoms with Crippen molar-refractivity contribution in [2.45, 2.75) is 50.4 Å². The first-order valence-corrected chi connectivity index (χ1v) is 11.9. The molecular formula is C22H25N3O3S2. The number of hydrogen-bond acceptors (Lipinski definition) is 6. The van der Waals surface area contributed by atoms with Crippen LogP contribution in [0.2, 0.25) is 0 Å². The number of fused-ring (bicyclic) bond motifs is 3. The van der Waals surface area contributed by atoms with Gasteiger partial charge in [-0.1, -0.05) is 24.3 Å². The highest BCUT2D eigenvalue weighted by Crippen LogP contribution is 2.34. The van der Waals surface area contributed by atoms with E-state index in [0.717, 1.165) is 35.2 Å². The minimum Gasteiger partial charge on any atom is -0.467 e. The highest BCUT2D eigenvalue weighted by atomic mass is 32.2. The molecule has 0 fully saturated rings. The molecule has 3 heterocycles. The second-order valence-corrected chi connectivity index (χ2v) is 9.49. The summed E-state index contributed by atoms with van der Waals surface area (Å²) < 4.78 is 6.96. The Morgan fingerprint density at radius 2 is 2.23 bits per heavy atom. The summed E-state index contributed by atoms with van der Waals surface area (Å²) in [7, 11) is 1.75. The average molecular weight is 444 g/mol. The number of nitrogens with zero attached hydrogens (tertiary/aromatic N) is 3. The van der Waals surface area contributed by atoms with E-state index in [2.05, 4.69) is 6.58 Å². The normalized spacial score (nSPS) is 13.8. The number of aromatic nitrogens is 2. The largest absolute Gasteiger partial charge is 0.467 e. The summed E-state index contributed by atoms with van der Waals surface area (Å²) in [5.41, 5.74) is 1.17. The number of furan rings is 1. The molecule has 1 aliphatic carbocycles. The first-order chi connectivity index (χ1) is 14.6. The third-order valence-corrected chi connectivity index (χ3v) is 7.47. The Morgan fingerprint density at radius 1 is 1.40 bits per heavy atom. The number of rotatable bonds is 7. The molecule has 0 unspecified atom stereocenters. The zero-order valence-corrected chi connectivity index (χ0v) is 18.7. The molecule has 1 aliphatic rings. The molecule has 0 saturated heterocycles. The van der Waals surface area contributed by atoms with E-state index in [-0.39, 0.29) is 17.2 Å². The van der Waals surface area contributed by atoms with Gasteiger partial charge in [-0.3, -0.25) is 14.2 Å². The van der Waals surface area contributed by atoms with E-state index in [0.29, 0.717) is 18.2 Å². The molecule has 158 valence electrons. The lowest BCUT2D eigenvalue weighted by Gasteiger charge is -2.16. The number of thiophene rings is 1. The smallest absolute Gasteiger partial charge is 0.263 e. The van der Waals surface area contributed by atoms with Crippen LogP contribution >= 0.6 is 23.1 Å². The Morgan fingerprint density at radius 3 is 3.00 bits per heavy atom. The van der Waals surface area contributed by atoms with E-state index in [1.165, 1.54) is 35.0 Å². The van der Waals surface area contributed by atoms with Gasteiger partial charge in [-0.15, -0.1) is 17.9 Å². The summed E-state index contributed by atoms with van der Waals surface area (Å²) in [6.45, 7) is 4.59. The first-order valence-electron chi connectivity index (χ1n) is 10.1. The van der Waals surface area contributed by atoms with E-state index in [1.54, 1.807) is 46.3 Å². The number of amides is 1. The molecule has 0 bridgehead atoms. The zero-order chi connectivity index (χ0) is 21.1. The van der Waals surface area contributed by atoms with Crippen LogP contribution in [0.15, 0.2) is 45.4 Å². The molecule has 4 rings (SSSR count). The predicted octanol–water partition coefficient (Wildman–Crippen LogP) is 4.26. The maximum Gasteiger partial charge on any atom is 0.263 e. The summed E-state index contributed by atoms with van der Waals surface area (Å²) in [6.07, 6.45) is 8.76. The minimum absolute atomic E-state index is 0.0156. The fourth-order valence-electron chi connectivity index (χ4n) is 3.76. The first kappa shape index (κ1) is 20.9. The fourth-order valence-corrected chi connectivity index (χ4v) is 6.01. The molecule has 0 saturated carbocycles. The Hall–Kier alpha value is -2.32. The van der Waals surface area contributed by atoms with Gasteiger partial charge in [-0.25, -0.2) is 4.98 Å².